The van der Waals surface area contributed by atoms with Crippen LogP contribution in [0.2, 0.25) is 5.02 Å². The third-order valence-electron chi connectivity index (χ3n) is 2.19. The minimum Gasteiger partial charge on any atom is -0.618 e. The summed E-state index contributed by atoms with van der Waals surface area (Å²) in [5, 5.41) is 12.0. The Morgan fingerprint density at radius 1 is 1.00 bits per heavy atom. The van der Waals surface area contributed by atoms with Crippen LogP contribution in [-0.4, -0.2) is 0 Å². The molecule has 0 spiro atoms. The first-order valence-electron chi connectivity index (χ1n) is 4.88. The summed E-state index contributed by atoms with van der Waals surface area (Å²) in [6.45, 7) is 0. The molecule has 2 aromatic rings. The van der Waals surface area contributed by atoms with Gasteiger partial charge in [-0.3, -0.25) is 0 Å². The lowest BCUT2D eigenvalue weighted by Crippen LogP contribution is -2.28. The topological polar surface area (TPSA) is 26.9 Å². The molecule has 2 nitrogen and oxygen atoms in total. The first-order chi connectivity index (χ1) is 7.77. The van der Waals surface area contributed by atoms with Crippen LogP contribution in [0.15, 0.2) is 48.7 Å². The quantitative estimate of drug-likeness (QED) is 0.576. The highest BCUT2D eigenvalue weighted by atomic mass is 35.5. The minimum atomic E-state index is 0.586. The van der Waals surface area contributed by atoms with E-state index < -0.39 is 0 Å². The third kappa shape index (κ3) is 2.41. The van der Waals surface area contributed by atoms with Crippen molar-refractivity contribution in [3.8, 4) is 0 Å². The highest BCUT2D eigenvalue weighted by Crippen LogP contribution is 2.17. The van der Waals surface area contributed by atoms with Crippen molar-refractivity contribution in [1.82, 2.24) is 0 Å². The molecule has 0 saturated heterocycles. The average molecular weight is 232 g/mol. The maximum atomic E-state index is 11.4. The summed E-state index contributed by atoms with van der Waals surface area (Å²) in [5.41, 5.74) is 1.48. The summed E-state index contributed by atoms with van der Waals surface area (Å²) >= 11 is 5.99. The number of benzene rings is 1. The molecule has 0 atom stereocenters. The second-order valence-electron chi connectivity index (χ2n) is 3.31. The van der Waals surface area contributed by atoms with Crippen LogP contribution in [0.3, 0.4) is 0 Å². The van der Waals surface area contributed by atoms with Crippen LogP contribution in [0, 0.1) is 5.21 Å². The molecule has 3 heteroatoms. The smallest absolute Gasteiger partial charge is 0.216 e. The van der Waals surface area contributed by atoms with Gasteiger partial charge in [0.15, 0.2) is 6.20 Å². The highest BCUT2D eigenvalue weighted by Gasteiger charge is 1.98. The number of nitrogens with zero attached hydrogens (tertiary/aromatic N) is 1. The van der Waals surface area contributed by atoms with E-state index in [-0.39, 0.29) is 0 Å². The molecule has 0 aliphatic rings. The molecule has 0 N–H and O–H groups in total. The van der Waals surface area contributed by atoms with E-state index in [0.29, 0.717) is 10.7 Å². The molecule has 0 fully saturated rings. The lowest BCUT2D eigenvalue weighted by Gasteiger charge is -1.99. The second kappa shape index (κ2) is 4.81. The summed E-state index contributed by atoms with van der Waals surface area (Å²) in [6, 6.07) is 12.8. The number of pyridine rings is 1. The first-order valence-corrected chi connectivity index (χ1v) is 5.26. The lowest BCUT2D eigenvalue weighted by molar-refractivity contribution is -0.607. The van der Waals surface area contributed by atoms with Gasteiger partial charge in [-0.2, -0.15) is 4.73 Å². The van der Waals surface area contributed by atoms with Gasteiger partial charge >= 0.3 is 0 Å². The van der Waals surface area contributed by atoms with Crippen molar-refractivity contribution in [2.75, 3.05) is 0 Å². The highest BCUT2D eigenvalue weighted by molar-refractivity contribution is 6.32. The number of aromatic nitrogens is 1. The maximum Gasteiger partial charge on any atom is 0.216 e. The monoisotopic (exact) mass is 231 g/mol. The van der Waals surface area contributed by atoms with E-state index in [1.807, 2.05) is 36.4 Å². The zero-order valence-corrected chi connectivity index (χ0v) is 9.26. The number of halogens is 1. The molecular weight excluding hydrogens is 222 g/mol. The third-order valence-corrected chi connectivity index (χ3v) is 2.54. The molecule has 1 aromatic heterocycles. The molecule has 0 unspecified atom stereocenters. The molecule has 2 rings (SSSR count). The molecule has 80 valence electrons. The molecule has 1 aromatic carbocycles. The molecule has 0 saturated carbocycles. The summed E-state index contributed by atoms with van der Waals surface area (Å²) in [7, 11) is 0. The van der Waals surface area contributed by atoms with Crippen molar-refractivity contribution < 1.29 is 4.73 Å². The zero-order chi connectivity index (χ0) is 11.4. The van der Waals surface area contributed by atoms with Crippen LogP contribution >= 0.6 is 11.6 Å². The fourth-order valence-electron chi connectivity index (χ4n) is 1.36. The predicted octanol–water partition coefficient (Wildman–Crippen LogP) is 3.14. The van der Waals surface area contributed by atoms with Gasteiger partial charge in [0.05, 0.1) is 0 Å². The Morgan fingerprint density at radius 2 is 1.75 bits per heavy atom. The normalized spacial score (nSPS) is 10.8. The lowest BCUT2D eigenvalue weighted by atomic mass is 10.2. The molecule has 1 heterocycles. The second-order valence-corrected chi connectivity index (χ2v) is 3.71. The molecular formula is C13H10ClNO. The molecule has 0 aliphatic carbocycles. The van der Waals surface area contributed by atoms with Crippen LogP contribution in [0.1, 0.15) is 11.3 Å². The zero-order valence-electron chi connectivity index (χ0n) is 8.51. The van der Waals surface area contributed by atoms with Crippen molar-refractivity contribution in [2.45, 2.75) is 0 Å². The van der Waals surface area contributed by atoms with Gasteiger partial charge < -0.3 is 5.21 Å². The molecule has 0 aliphatic heterocycles. The Kier molecular flexibility index (Phi) is 3.22. The van der Waals surface area contributed by atoms with Crippen molar-refractivity contribution in [3.05, 3.63) is 70.1 Å². The van der Waals surface area contributed by atoms with E-state index in [9.17, 15) is 5.21 Å². The average Bonchev–Trinajstić information content (AvgIpc) is 2.30. The van der Waals surface area contributed by atoms with Crippen LogP contribution in [0.4, 0.5) is 0 Å². The number of rotatable bonds is 2. The first kappa shape index (κ1) is 10.7. The van der Waals surface area contributed by atoms with Crippen molar-refractivity contribution in [2.24, 2.45) is 0 Å². The van der Waals surface area contributed by atoms with Crippen molar-refractivity contribution in [3.63, 3.8) is 0 Å². The summed E-state index contributed by atoms with van der Waals surface area (Å²) < 4.78 is 0.813. The Labute approximate surface area is 99.0 Å². The summed E-state index contributed by atoms with van der Waals surface area (Å²) in [4.78, 5) is 0. The van der Waals surface area contributed by atoms with Crippen LogP contribution in [0.5, 0.6) is 0 Å². The van der Waals surface area contributed by atoms with Crippen molar-refractivity contribution >= 4 is 23.8 Å². The van der Waals surface area contributed by atoms with Crippen molar-refractivity contribution in [1.29, 1.82) is 0 Å². The SMILES string of the molecule is [O-][n+]1ccccc1C=Cc1ccccc1Cl. The van der Waals surface area contributed by atoms with E-state index in [2.05, 4.69) is 0 Å². The van der Waals surface area contributed by atoms with Gasteiger partial charge in [0.2, 0.25) is 5.69 Å². The molecule has 0 amide bonds. The minimum absolute atomic E-state index is 0.586. The van der Waals surface area contributed by atoms with E-state index in [4.69, 9.17) is 11.6 Å². The van der Waals surface area contributed by atoms with Gasteiger partial charge in [-0.05, 0) is 23.8 Å². The Hall–Kier alpha value is -1.80. The van der Waals surface area contributed by atoms with E-state index in [1.165, 1.54) is 6.20 Å². The van der Waals surface area contributed by atoms with Gasteiger partial charge in [-0.15, -0.1) is 0 Å². The standard InChI is InChI=1S/C13H10ClNO/c14-13-7-2-1-5-11(13)8-9-12-6-3-4-10-15(12)16/h1-10H. The summed E-state index contributed by atoms with van der Waals surface area (Å²) in [5.74, 6) is 0. The van der Waals surface area contributed by atoms with Gasteiger partial charge in [-0.25, -0.2) is 0 Å². The fraction of sp³-hybridized carbons (Fsp3) is 0. The molecule has 0 radical (unpaired) electrons. The predicted molar refractivity (Wildman–Crippen MR) is 65.8 cm³/mol. The molecule has 16 heavy (non-hydrogen) atoms. The van der Waals surface area contributed by atoms with Crippen LogP contribution < -0.4 is 4.73 Å². The van der Waals surface area contributed by atoms with E-state index >= 15 is 0 Å². The fourth-order valence-corrected chi connectivity index (χ4v) is 1.55. The number of hydrogen-bond donors (Lipinski definition) is 0. The van der Waals surface area contributed by atoms with Gasteiger partial charge in [0.1, 0.15) is 0 Å². The van der Waals surface area contributed by atoms with Gasteiger partial charge in [0.25, 0.3) is 0 Å². The Bertz CT molecular complexity index is 475. The van der Waals surface area contributed by atoms with E-state index in [1.54, 1.807) is 18.2 Å². The van der Waals surface area contributed by atoms with Gasteiger partial charge in [0, 0.05) is 23.2 Å². The van der Waals surface area contributed by atoms with Crippen LogP contribution in [0.25, 0.3) is 12.2 Å². The number of hydrogen-bond acceptors (Lipinski definition) is 1. The maximum absolute atomic E-state index is 11.4. The van der Waals surface area contributed by atoms with E-state index in [0.717, 1.165) is 10.3 Å². The Morgan fingerprint density at radius 3 is 2.50 bits per heavy atom. The molecule has 0 bridgehead atoms. The Balaban J connectivity index is 2.29. The van der Waals surface area contributed by atoms with Gasteiger partial charge in [-0.1, -0.05) is 29.8 Å². The largest absolute Gasteiger partial charge is 0.618 e. The van der Waals surface area contributed by atoms with Crippen LogP contribution in [-0.2, 0) is 0 Å². The summed E-state index contributed by atoms with van der Waals surface area (Å²) in [6.07, 6.45) is 5.03.